The average Bonchev–Trinajstić information content (AvgIpc) is 3.11. The molecular formula is C20H18F3N3O2S. The van der Waals surface area contributed by atoms with Gasteiger partial charge < -0.3 is 15.0 Å². The van der Waals surface area contributed by atoms with Crippen molar-refractivity contribution in [1.82, 2.24) is 4.98 Å². The molecule has 1 aliphatic rings. The highest BCUT2D eigenvalue weighted by molar-refractivity contribution is 7.22. The van der Waals surface area contributed by atoms with Crippen molar-refractivity contribution < 1.29 is 22.7 Å². The molecule has 9 heteroatoms. The molecule has 0 atom stereocenters. The number of morpholine rings is 1. The number of amides is 1. The highest BCUT2D eigenvalue weighted by Crippen LogP contribution is 2.32. The zero-order chi connectivity index (χ0) is 20.4. The quantitative estimate of drug-likeness (QED) is 0.681. The first-order valence-corrected chi connectivity index (χ1v) is 9.89. The van der Waals surface area contributed by atoms with Crippen LogP contribution >= 0.6 is 11.3 Å². The second-order valence-corrected chi connectivity index (χ2v) is 7.71. The van der Waals surface area contributed by atoms with Gasteiger partial charge in [-0.25, -0.2) is 4.98 Å². The van der Waals surface area contributed by atoms with Gasteiger partial charge in [-0.3, -0.25) is 4.79 Å². The zero-order valence-corrected chi connectivity index (χ0v) is 16.1. The Bertz CT molecular complexity index is 1030. The molecule has 5 nitrogen and oxygen atoms in total. The molecule has 29 heavy (non-hydrogen) atoms. The van der Waals surface area contributed by atoms with Gasteiger partial charge in [0.1, 0.15) is 0 Å². The van der Waals surface area contributed by atoms with Crippen molar-refractivity contribution >= 4 is 38.3 Å². The van der Waals surface area contributed by atoms with E-state index in [9.17, 15) is 18.0 Å². The van der Waals surface area contributed by atoms with Crippen LogP contribution in [-0.4, -0.2) is 37.2 Å². The van der Waals surface area contributed by atoms with Gasteiger partial charge in [0.25, 0.3) is 0 Å². The number of hydrogen-bond acceptors (Lipinski definition) is 5. The van der Waals surface area contributed by atoms with Gasteiger partial charge in [0.15, 0.2) is 5.13 Å². The summed E-state index contributed by atoms with van der Waals surface area (Å²) in [5.74, 6) is -0.374. The Balaban J connectivity index is 1.45. The van der Waals surface area contributed by atoms with E-state index in [-0.39, 0.29) is 12.3 Å². The molecule has 0 aliphatic carbocycles. The predicted octanol–water partition coefficient (Wildman–Crippen LogP) is 4.33. The number of thiazole rings is 1. The smallest absolute Gasteiger partial charge is 0.378 e. The lowest BCUT2D eigenvalue weighted by Gasteiger charge is -2.25. The second kappa shape index (κ2) is 8.00. The van der Waals surface area contributed by atoms with E-state index in [0.717, 1.165) is 40.6 Å². The van der Waals surface area contributed by atoms with Gasteiger partial charge in [-0.2, -0.15) is 13.2 Å². The summed E-state index contributed by atoms with van der Waals surface area (Å²) >= 11 is 1.54. The van der Waals surface area contributed by atoms with Crippen LogP contribution < -0.4 is 10.2 Å². The summed E-state index contributed by atoms with van der Waals surface area (Å²) in [5.41, 5.74) is 0.981. The van der Waals surface area contributed by atoms with Crippen molar-refractivity contribution in [2.75, 3.05) is 36.5 Å². The van der Waals surface area contributed by atoms with Crippen LogP contribution in [0.15, 0.2) is 42.5 Å². The van der Waals surface area contributed by atoms with Gasteiger partial charge in [-0.15, -0.1) is 0 Å². The Morgan fingerprint density at radius 1 is 1.17 bits per heavy atom. The van der Waals surface area contributed by atoms with Gasteiger partial charge in [0.2, 0.25) is 5.91 Å². The van der Waals surface area contributed by atoms with E-state index in [2.05, 4.69) is 15.2 Å². The van der Waals surface area contributed by atoms with Crippen molar-refractivity contribution in [2.24, 2.45) is 0 Å². The number of carbonyl (C=O) groups is 1. The Kier molecular flexibility index (Phi) is 5.42. The number of rotatable bonds is 4. The van der Waals surface area contributed by atoms with Crippen LogP contribution in [0.3, 0.4) is 0 Å². The molecule has 2 heterocycles. The molecule has 1 fully saturated rings. The van der Waals surface area contributed by atoms with Gasteiger partial charge in [-0.1, -0.05) is 29.5 Å². The van der Waals surface area contributed by atoms with Gasteiger partial charge in [-0.05, 0) is 29.8 Å². The van der Waals surface area contributed by atoms with Crippen LogP contribution in [0.5, 0.6) is 0 Å². The van der Waals surface area contributed by atoms with Crippen LogP contribution in [0.2, 0.25) is 0 Å². The summed E-state index contributed by atoms with van der Waals surface area (Å²) in [7, 11) is 0. The lowest BCUT2D eigenvalue weighted by molar-refractivity contribution is -0.137. The largest absolute Gasteiger partial charge is 0.416 e. The number of carbonyl (C=O) groups excluding carboxylic acids is 1. The number of nitrogens with one attached hydrogen (secondary N) is 1. The number of nitrogens with zero attached hydrogens (tertiary/aromatic N) is 2. The monoisotopic (exact) mass is 421 g/mol. The molecular weight excluding hydrogens is 403 g/mol. The molecule has 4 rings (SSSR count). The number of alkyl halides is 3. The van der Waals surface area contributed by atoms with Crippen molar-refractivity contribution in [2.45, 2.75) is 12.6 Å². The highest BCUT2D eigenvalue weighted by Gasteiger charge is 2.30. The number of anilines is 2. The SMILES string of the molecule is O=C(Cc1cccc(C(F)(F)F)c1)Nc1ccc2nc(N3CCOCC3)sc2c1. The summed E-state index contributed by atoms with van der Waals surface area (Å²) in [6, 6.07) is 10.2. The van der Waals surface area contributed by atoms with E-state index in [1.54, 1.807) is 6.07 Å². The number of halogens is 3. The fourth-order valence-electron chi connectivity index (χ4n) is 3.13. The van der Waals surface area contributed by atoms with E-state index in [4.69, 9.17) is 4.74 Å². The van der Waals surface area contributed by atoms with E-state index in [0.29, 0.717) is 24.5 Å². The number of aromatic nitrogens is 1. The third-order valence-electron chi connectivity index (χ3n) is 4.56. The first kappa shape index (κ1) is 19.7. The highest BCUT2D eigenvalue weighted by atomic mass is 32.1. The molecule has 1 N–H and O–H groups in total. The second-order valence-electron chi connectivity index (χ2n) is 6.70. The molecule has 0 unspecified atom stereocenters. The fraction of sp³-hybridized carbons (Fsp3) is 0.300. The minimum Gasteiger partial charge on any atom is -0.378 e. The van der Waals surface area contributed by atoms with Crippen molar-refractivity contribution in [3.63, 3.8) is 0 Å². The van der Waals surface area contributed by atoms with Crippen LogP contribution in [0.4, 0.5) is 24.0 Å². The van der Waals surface area contributed by atoms with Crippen LogP contribution in [0.1, 0.15) is 11.1 Å². The van der Waals surface area contributed by atoms with Gasteiger partial charge in [0, 0.05) is 18.8 Å². The molecule has 0 radical (unpaired) electrons. The van der Waals surface area contributed by atoms with E-state index in [1.165, 1.54) is 23.5 Å². The Morgan fingerprint density at radius 2 is 1.97 bits per heavy atom. The molecule has 152 valence electrons. The summed E-state index contributed by atoms with van der Waals surface area (Å²) in [6.07, 6.45) is -4.56. The van der Waals surface area contributed by atoms with E-state index < -0.39 is 11.7 Å². The van der Waals surface area contributed by atoms with Crippen LogP contribution in [0, 0.1) is 0 Å². The van der Waals surface area contributed by atoms with Crippen LogP contribution in [-0.2, 0) is 22.1 Å². The lowest BCUT2D eigenvalue weighted by atomic mass is 10.1. The third-order valence-corrected chi connectivity index (χ3v) is 5.64. The maximum atomic E-state index is 12.8. The normalized spacial score (nSPS) is 14.9. The molecule has 1 aliphatic heterocycles. The molecule has 0 spiro atoms. The van der Waals surface area contributed by atoms with E-state index in [1.807, 2.05) is 12.1 Å². The number of hydrogen-bond donors (Lipinski definition) is 1. The fourth-order valence-corrected chi connectivity index (χ4v) is 4.18. The standard InChI is InChI=1S/C20H18F3N3O2S/c21-20(22,23)14-3-1-2-13(10-14)11-18(27)24-15-4-5-16-17(12-15)29-19(25-16)26-6-8-28-9-7-26/h1-5,10,12H,6-9,11H2,(H,24,27). The molecule has 1 aromatic heterocycles. The number of benzene rings is 2. The Labute approximate surface area is 169 Å². The van der Waals surface area contributed by atoms with Gasteiger partial charge >= 0.3 is 6.18 Å². The number of ether oxygens (including phenoxy) is 1. The molecule has 1 amide bonds. The predicted molar refractivity (Wildman–Crippen MR) is 106 cm³/mol. The van der Waals surface area contributed by atoms with Crippen molar-refractivity contribution in [3.8, 4) is 0 Å². The van der Waals surface area contributed by atoms with Crippen molar-refractivity contribution in [1.29, 1.82) is 0 Å². The summed E-state index contributed by atoms with van der Waals surface area (Å²) in [5, 5.41) is 3.67. The minimum absolute atomic E-state index is 0.135. The van der Waals surface area contributed by atoms with E-state index >= 15 is 0 Å². The Morgan fingerprint density at radius 3 is 2.72 bits per heavy atom. The first-order valence-electron chi connectivity index (χ1n) is 9.08. The Hall–Kier alpha value is -2.65. The average molecular weight is 421 g/mol. The molecule has 1 saturated heterocycles. The maximum Gasteiger partial charge on any atom is 0.416 e. The molecule has 2 aromatic carbocycles. The molecule has 3 aromatic rings. The summed E-state index contributed by atoms with van der Waals surface area (Å²) in [6.45, 7) is 2.93. The summed E-state index contributed by atoms with van der Waals surface area (Å²) < 4.78 is 44.8. The lowest BCUT2D eigenvalue weighted by Crippen LogP contribution is -2.36. The maximum absolute atomic E-state index is 12.8. The molecule has 0 bridgehead atoms. The summed E-state index contributed by atoms with van der Waals surface area (Å²) in [4.78, 5) is 19.1. The zero-order valence-electron chi connectivity index (χ0n) is 15.3. The minimum atomic E-state index is -4.43. The molecule has 0 saturated carbocycles. The number of fused-ring (bicyclic) bond motifs is 1. The third kappa shape index (κ3) is 4.68. The van der Waals surface area contributed by atoms with Crippen molar-refractivity contribution in [3.05, 3.63) is 53.6 Å². The van der Waals surface area contributed by atoms with Gasteiger partial charge in [0.05, 0.1) is 35.4 Å². The van der Waals surface area contributed by atoms with Crippen LogP contribution in [0.25, 0.3) is 10.2 Å². The first-order chi connectivity index (χ1) is 13.9. The topological polar surface area (TPSA) is 54.5 Å².